The zero-order valence-electron chi connectivity index (χ0n) is 19.0. The van der Waals surface area contributed by atoms with Crippen molar-refractivity contribution in [3.8, 4) is 11.5 Å². The Labute approximate surface area is 189 Å². The van der Waals surface area contributed by atoms with Crippen molar-refractivity contribution in [2.24, 2.45) is 5.92 Å². The molecule has 2 amide bonds. The molecule has 6 nitrogen and oxygen atoms in total. The van der Waals surface area contributed by atoms with Crippen LogP contribution in [-0.4, -0.2) is 40.8 Å². The van der Waals surface area contributed by atoms with Gasteiger partial charge in [-0.1, -0.05) is 32.4 Å². The minimum absolute atomic E-state index is 0.00861. The van der Waals surface area contributed by atoms with Crippen LogP contribution in [0.15, 0.2) is 52.9 Å². The van der Waals surface area contributed by atoms with E-state index in [0.717, 1.165) is 42.3 Å². The van der Waals surface area contributed by atoms with Crippen LogP contribution in [0.4, 0.5) is 0 Å². The van der Waals surface area contributed by atoms with E-state index >= 15 is 0 Å². The molecule has 1 heterocycles. The smallest absolute Gasteiger partial charge is 0.253 e. The number of amides is 2. The quantitative estimate of drug-likeness (QED) is 0.566. The molecule has 1 aromatic heterocycles. The van der Waals surface area contributed by atoms with E-state index in [1.807, 2.05) is 60.5 Å². The number of para-hydroxylation sites is 2. The van der Waals surface area contributed by atoms with E-state index in [9.17, 15) is 9.59 Å². The van der Waals surface area contributed by atoms with Crippen LogP contribution in [-0.2, 0) is 4.79 Å². The van der Waals surface area contributed by atoms with Crippen LogP contribution in [0.1, 0.15) is 56.3 Å². The summed E-state index contributed by atoms with van der Waals surface area (Å²) >= 11 is 0. The molecule has 4 rings (SSSR count). The maximum absolute atomic E-state index is 13.0. The average molecular weight is 434 g/mol. The third-order valence-electron chi connectivity index (χ3n) is 6.54. The molecule has 3 aromatic rings. The van der Waals surface area contributed by atoms with E-state index in [2.05, 4.69) is 24.1 Å². The van der Waals surface area contributed by atoms with Gasteiger partial charge in [0.25, 0.3) is 5.91 Å². The summed E-state index contributed by atoms with van der Waals surface area (Å²) in [6, 6.07) is 15.3. The van der Waals surface area contributed by atoms with Gasteiger partial charge < -0.3 is 14.6 Å². The van der Waals surface area contributed by atoms with Crippen molar-refractivity contribution in [3.05, 3.63) is 54.1 Å². The maximum Gasteiger partial charge on any atom is 0.253 e. The van der Waals surface area contributed by atoms with Gasteiger partial charge in [0.05, 0.1) is 0 Å². The van der Waals surface area contributed by atoms with Crippen LogP contribution in [0.2, 0.25) is 0 Å². The lowest BCUT2D eigenvalue weighted by molar-refractivity contribution is -0.122. The molecule has 3 atom stereocenters. The van der Waals surface area contributed by atoms with Gasteiger partial charge in [-0.2, -0.15) is 0 Å². The average Bonchev–Trinajstić information content (AvgIpc) is 3.45. The topological polar surface area (TPSA) is 75.4 Å². The van der Waals surface area contributed by atoms with E-state index in [4.69, 9.17) is 4.42 Å². The molecule has 3 unspecified atom stereocenters. The summed E-state index contributed by atoms with van der Waals surface area (Å²) in [5.41, 5.74) is 3.03. The van der Waals surface area contributed by atoms with Gasteiger partial charge in [-0.25, -0.2) is 4.98 Å². The monoisotopic (exact) mass is 433 g/mol. The molecule has 0 saturated heterocycles. The molecule has 168 valence electrons. The highest BCUT2D eigenvalue weighted by Crippen LogP contribution is 2.27. The first kappa shape index (κ1) is 22.1. The predicted octanol–water partition coefficient (Wildman–Crippen LogP) is 5.04. The number of carbonyl (C=O) groups excluding carboxylic acids is 2. The summed E-state index contributed by atoms with van der Waals surface area (Å²) in [5.74, 6) is 1.05. The number of aromatic nitrogens is 1. The Morgan fingerprint density at radius 3 is 2.62 bits per heavy atom. The Bertz CT molecular complexity index is 1060. The van der Waals surface area contributed by atoms with Crippen molar-refractivity contribution in [2.45, 2.75) is 58.0 Å². The van der Waals surface area contributed by atoms with Crippen LogP contribution in [0.25, 0.3) is 22.6 Å². The normalized spacial score (nSPS) is 19.1. The van der Waals surface area contributed by atoms with Gasteiger partial charge in [0.2, 0.25) is 11.8 Å². The van der Waals surface area contributed by atoms with Gasteiger partial charge in [-0.05, 0) is 61.6 Å². The van der Waals surface area contributed by atoms with Gasteiger partial charge in [-0.3, -0.25) is 9.59 Å². The van der Waals surface area contributed by atoms with Crippen molar-refractivity contribution in [1.82, 2.24) is 15.2 Å². The molecule has 0 radical (unpaired) electrons. The number of hydrogen-bond acceptors (Lipinski definition) is 4. The number of benzene rings is 2. The lowest BCUT2D eigenvalue weighted by Gasteiger charge is -2.25. The number of fused-ring (bicyclic) bond motifs is 1. The lowest BCUT2D eigenvalue weighted by Crippen LogP contribution is -2.38. The van der Waals surface area contributed by atoms with Gasteiger partial charge in [-0.15, -0.1) is 0 Å². The number of rotatable bonds is 7. The second-order valence-corrected chi connectivity index (χ2v) is 8.93. The van der Waals surface area contributed by atoms with Gasteiger partial charge in [0.15, 0.2) is 5.58 Å². The maximum atomic E-state index is 13.0. The first-order valence-electron chi connectivity index (χ1n) is 11.5. The molecule has 1 aliphatic carbocycles. The first-order chi connectivity index (χ1) is 15.4. The molecule has 1 N–H and O–H groups in total. The van der Waals surface area contributed by atoms with Crippen LogP contribution < -0.4 is 5.32 Å². The lowest BCUT2D eigenvalue weighted by atomic mass is 10.0. The van der Waals surface area contributed by atoms with Crippen LogP contribution in [0, 0.1) is 5.92 Å². The van der Waals surface area contributed by atoms with Crippen LogP contribution in [0.3, 0.4) is 0 Å². The zero-order chi connectivity index (χ0) is 22.7. The van der Waals surface area contributed by atoms with Crippen LogP contribution in [0.5, 0.6) is 0 Å². The number of nitrogens with zero attached hydrogens (tertiary/aromatic N) is 2. The number of hydrogen-bond donors (Lipinski definition) is 1. The predicted molar refractivity (Wildman–Crippen MR) is 125 cm³/mol. The van der Waals surface area contributed by atoms with E-state index in [1.165, 1.54) is 0 Å². The number of oxazole rings is 1. The van der Waals surface area contributed by atoms with Gasteiger partial charge >= 0.3 is 0 Å². The highest BCUT2D eigenvalue weighted by molar-refractivity contribution is 5.94. The fraction of sp³-hybridized carbons (Fsp3) is 0.423. The third kappa shape index (κ3) is 4.85. The molecule has 6 heteroatoms. The molecular formula is C26H31N3O3. The minimum atomic E-state index is -0.00861. The summed E-state index contributed by atoms with van der Waals surface area (Å²) in [5, 5.41) is 3.15. The second kappa shape index (κ2) is 9.55. The van der Waals surface area contributed by atoms with Gasteiger partial charge in [0.1, 0.15) is 5.52 Å². The summed E-state index contributed by atoms with van der Waals surface area (Å²) in [6.45, 7) is 4.20. The Kier molecular flexibility index (Phi) is 6.58. The van der Waals surface area contributed by atoms with E-state index < -0.39 is 0 Å². The molecule has 0 aliphatic heterocycles. The second-order valence-electron chi connectivity index (χ2n) is 8.93. The summed E-state index contributed by atoms with van der Waals surface area (Å²) in [7, 11) is 1.85. The standard InChI is InChI=1S/C26H31N3O3/c1-4-17(2)15-24(30)27-20-13-14-21(16-20)29(3)26(31)19-11-9-18(10-12-19)25-28-22-7-5-6-8-23(22)32-25/h5-12,17,20-21H,4,13-16H2,1-3H3,(H,27,30). The minimum Gasteiger partial charge on any atom is -0.436 e. The van der Waals surface area contributed by atoms with Crippen molar-refractivity contribution in [1.29, 1.82) is 0 Å². The van der Waals surface area contributed by atoms with Crippen LogP contribution >= 0.6 is 0 Å². The molecule has 0 spiro atoms. The van der Waals surface area contributed by atoms with E-state index in [1.54, 1.807) is 0 Å². The molecule has 0 bridgehead atoms. The molecule has 32 heavy (non-hydrogen) atoms. The summed E-state index contributed by atoms with van der Waals surface area (Å²) in [4.78, 5) is 31.6. The van der Waals surface area contributed by atoms with Crippen molar-refractivity contribution >= 4 is 22.9 Å². The molecule has 2 aromatic carbocycles. The molecule has 1 saturated carbocycles. The van der Waals surface area contributed by atoms with E-state index in [-0.39, 0.29) is 23.9 Å². The SMILES string of the molecule is CCC(C)CC(=O)NC1CCC(N(C)C(=O)c2ccc(-c3nc4ccccc4o3)cc2)C1. The van der Waals surface area contributed by atoms with Gasteiger partial charge in [0, 0.05) is 36.7 Å². The first-order valence-corrected chi connectivity index (χ1v) is 11.5. The Balaban J connectivity index is 1.36. The Morgan fingerprint density at radius 2 is 1.91 bits per heavy atom. The van der Waals surface area contributed by atoms with Crippen molar-refractivity contribution in [2.75, 3.05) is 7.05 Å². The number of carbonyl (C=O) groups is 2. The highest BCUT2D eigenvalue weighted by Gasteiger charge is 2.31. The Hall–Kier alpha value is -3.15. The number of nitrogens with one attached hydrogen (secondary N) is 1. The highest BCUT2D eigenvalue weighted by atomic mass is 16.3. The molecule has 1 aliphatic rings. The summed E-state index contributed by atoms with van der Waals surface area (Å²) < 4.78 is 5.82. The fourth-order valence-corrected chi connectivity index (χ4v) is 4.31. The Morgan fingerprint density at radius 1 is 1.16 bits per heavy atom. The fourth-order valence-electron chi connectivity index (χ4n) is 4.31. The third-order valence-corrected chi connectivity index (χ3v) is 6.54. The van der Waals surface area contributed by atoms with E-state index in [0.29, 0.717) is 23.8 Å². The summed E-state index contributed by atoms with van der Waals surface area (Å²) in [6.07, 6.45) is 4.18. The molecular weight excluding hydrogens is 402 g/mol. The molecule has 1 fully saturated rings. The zero-order valence-corrected chi connectivity index (χ0v) is 19.0. The largest absolute Gasteiger partial charge is 0.436 e. The van der Waals surface area contributed by atoms with Crippen molar-refractivity contribution < 1.29 is 14.0 Å². The van der Waals surface area contributed by atoms with Crippen molar-refractivity contribution in [3.63, 3.8) is 0 Å².